The van der Waals surface area contributed by atoms with E-state index in [1.807, 2.05) is 6.33 Å². The summed E-state index contributed by atoms with van der Waals surface area (Å²) in [5.41, 5.74) is 2.35. The molecule has 14 heavy (non-hydrogen) atoms. The first-order chi connectivity index (χ1) is 6.81. The third-order valence-electron chi connectivity index (χ3n) is 2.34. The second-order valence-corrected chi connectivity index (χ2v) is 4.67. The van der Waals surface area contributed by atoms with Gasteiger partial charge in [0.25, 0.3) is 0 Å². The van der Waals surface area contributed by atoms with Crippen LogP contribution in [0.4, 0.5) is 0 Å². The quantitative estimate of drug-likeness (QED) is 0.794. The molecule has 0 saturated heterocycles. The van der Waals surface area contributed by atoms with Gasteiger partial charge in [-0.2, -0.15) is 0 Å². The van der Waals surface area contributed by atoms with Gasteiger partial charge in [0.1, 0.15) is 0 Å². The highest BCUT2D eigenvalue weighted by Crippen LogP contribution is 2.16. The van der Waals surface area contributed by atoms with Crippen molar-refractivity contribution < 1.29 is 0 Å². The van der Waals surface area contributed by atoms with E-state index < -0.39 is 0 Å². The van der Waals surface area contributed by atoms with Crippen LogP contribution >= 0.6 is 22.6 Å². The molecule has 0 bridgehead atoms. The Kier molecular flexibility index (Phi) is 3.05. The van der Waals surface area contributed by atoms with E-state index in [0.717, 1.165) is 12.1 Å². The van der Waals surface area contributed by atoms with Crippen LogP contribution in [0.3, 0.4) is 0 Å². The second-order valence-electron chi connectivity index (χ2n) is 3.42. The lowest BCUT2D eigenvalue weighted by atomic mass is 10.3. The summed E-state index contributed by atoms with van der Waals surface area (Å²) in [5, 5.41) is 0. The maximum absolute atomic E-state index is 4.37. The lowest BCUT2D eigenvalue weighted by molar-refractivity contribution is 0.645. The highest BCUT2D eigenvalue weighted by atomic mass is 127. The van der Waals surface area contributed by atoms with Gasteiger partial charge in [0.2, 0.25) is 0 Å². The second kappa shape index (κ2) is 4.29. The Morgan fingerprint density at radius 3 is 3.07 bits per heavy atom. The van der Waals surface area contributed by atoms with Crippen molar-refractivity contribution >= 4 is 33.6 Å². The zero-order valence-corrected chi connectivity index (χ0v) is 10.4. The summed E-state index contributed by atoms with van der Waals surface area (Å²) in [7, 11) is 0. The minimum atomic E-state index is 1.08. The Morgan fingerprint density at radius 1 is 1.43 bits per heavy atom. The van der Waals surface area contributed by atoms with E-state index >= 15 is 0 Å². The van der Waals surface area contributed by atoms with E-state index in [9.17, 15) is 0 Å². The number of aromatic nitrogens is 2. The number of benzene rings is 1. The number of unbranched alkanes of at least 4 members (excludes halogenated alkanes) is 1. The SMILES string of the molecule is CCCCn1cnc2ccc(I)cc21. The van der Waals surface area contributed by atoms with Crippen LogP contribution in [0.1, 0.15) is 19.8 Å². The highest BCUT2D eigenvalue weighted by molar-refractivity contribution is 14.1. The number of imidazole rings is 1. The molecule has 0 radical (unpaired) electrons. The number of fused-ring (bicyclic) bond motifs is 1. The highest BCUT2D eigenvalue weighted by Gasteiger charge is 2.01. The lowest BCUT2D eigenvalue weighted by Gasteiger charge is -2.02. The summed E-state index contributed by atoms with van der Waals surface area (Å²) in [6.45, 7) is 3.29. The van der Waals surface area contributed by atoms with Gasteiger partial charge in [-0.1, -0.05) is 13.3 Å². The number of nitrogens with zero attached hydrogens (tertiary/aromatic N) is 2. The molecule has 0 amide bonds. The molecule has 2 aromatic rings. The minimum Gasteiger partial charge on any atom is -0.331 e. The van der Waals surface area contributed by atoms with Crippen molar-refractivity contribution in [2.75, 3.05) is 0 Å². The monoisotopic (exact) mass is 300 g/mol. The predicted molar refractivity (Wildman–Crippen MR) is 67.4 cm³/mol. The van der Waals surface area contributed by atoms with Gasteiger partial charge in [-0.25, -0.2) is 4.98 Å². The smallest absolute Gasteiger partial charge is 0.0958 e. The third-order valence-corrected chi connectivity index (χ3v) is 3.01. The van der Waals surface area contributed by atoms with Crippen molar-refractivity contribution in [3.8, 4) is 0 Å². The van der Waals surface area contributed by atoms with Crippen molar-refractivity contribution in [1.29, 1.82) is 0 Å². The van der Waals surface area contributed by atoms with Crippen LogP contribution in [-0.2, 0) is 6.54 Å². The molecule has 1 heterocycles. The molecule has 0 fully saturated rings. The van der Waals surface area contributed by atoms with Crippen molar-refractivity contribution in [2.24, 2.45) is 0 Å². The normalized spacial score (nSPS) is 11.0. The van der Waals surface area contributed by atoms with Gasteiger partial charge in [0.05, 0.1) is 17.4 Å². The van der Waals surface area contributed by atoms with Crippen LogP contribution in [0.5, 0.6) is 0 Å². The Morgan fingerprint density at radius 2 is 2.29 bits per heavy atom. The molecule has 0 N–H and O–H groups in total. The van der Waals surface area contributed by atoms with Crippen LogP contribution in [-0.4, -0.2) is 9.55 Å². The Bertz CT molecular complexity index is 434. The fraction of sp³-hybridized carbons (Fsp3) is 0.364. The van der Waals surface area contributed by atoms with Crippen LogP contribution in [0.2, 0.25) is 0 Å². The Labute approximate surface area is 97.5 Å². The first kappa shape index (κ1) is 9.96. The van der Waals surface area contributed by atoms with E-state index in [1.165, 1.54) is 21.9 Å². The van der Waals surface area contributed by atoms with Gasteiger partial charge in [-0.05, 0) is 47.2 Å². The Balaban J connectivity index is 2.40. The molecule has 2 rings (SSSR count). The van der Waals surface area contributed by atoms with Crippen molar-refractivity contribution in [2.45, 2.75) is 26.3 Å². The minimum absolute atomic E-state index is 1.08. The summed E-state index contributed by atoms with van der Waals surface area (Å²) in [4.78, 5) is 4.37. The molecule has 74 valence electrons. The van der Waals surface area contributed by atoms with Crippen molar-refractivity contribution in [3.05, 3.63) is 28.1 Å². The van der Waals surface area contributed by atoms with Crippen molar-refractivity contribution in [1.82, 2.24) is 9.55 Å². The molecule has 2 nitrogen and oxygen atoms in total. The molecule has 1 aromatic carbocycles. The van der Waals surface area contributed by atoms with E-state index in [0.29, 0.717) is 0 Å². The van der Waals surface area contributed by atoms with Gasteiger partial charge in [0, 0.05) is 10.1 Å². The summed E-state index contributed by atoms with van der Waals surface area (Å²) in [6.07, 6.45) is 4.39. The number of hydrogen-bond donors (Lipinski definition) is 0. The molecular weight excluding hydrogens is 287 g/mol. The average Bonchev–Trinajstić information content (AvgIpc) is 2.57. The molecular formula is C11H13IN2. The summed E-state index contributed by atoms with van der Waals surface area (Å²) in [5.74, 6) is 0. The number of aryl methyl sites for hydroxylation is 1. The fourth-order valence-electron chi connectivity index (χ4n) is 1.54. The maximum atomic E-state index is 4.37. The van der Waals surface area contributed by atoms with Gasteiger partial charge >= 0.3 is 0 Å². The molecule has 0 saturated carbocycles. The largest absolute Gasteiger partial charge is 0.331 e. The lowest BCUT2D eigenvalue weighted by Crippen LogP contribution is -1.95. The zero-order valence-electron chi connectivity index (χ0n) is 8.20. The number of rotatable bonds is 3. The topological polar surface area (TPSA) is 17.8 Å². The Hall–Kier alpha value is -0.580. The van der Waals surface area contributed by atoms with Gasteiger partial charge in [-0.3, -0.25) is 0 Å². The van der Waals surface area contributed by atoms with Gasteiger partial charge in [-0.15, -0.1) is 0 Å². The number of halogens is 1. The molecule has 0 aliphatic rings. The van der Waals surface area contributed by atoms with Crippen LogP contribution < -0.4 is 0 Å². The molecule has 0 aliphatic carbocycles. The van der Waals surface area contributed by atoms with Gasteiger partial charge in [0.15, 0.2) is 0 Å². The number of hydrogen-bond acceptors (Lipinski definition) is 1. The standard InChI is InChI=1S/C11H13IN2/c1-2-3-6-14-8-13-10-5-4-9(12)7-11(10)14/h4-5,7-8H,2-3,6H2,1H3. The predicted octanol–water partition coefficient (Wildman–Crippen LogP) is 3.44. The molecule has 0 spiro atoms. The van der Waals surface area contributed by atoms with Crippen LogP contribution in [0.25, 0.3) is 11.0 Å². The van der Waals surface area contributed by atoms with E-state index in [1.54, 1.807) is 0 Å². The maximum Gasteiger partial charge on any atom is 0.0958 e. The summed E-state index contributed by atoms with van der Waals surface area (Å²) < 4.78 is 3.51. The first-order valence-corrected chi connectivity index (χ1v) is 5.99. The average molecular weight is 300 g/mol. The van der Waals surface area contributed by atoms with Crippen LogP contribution in [0.15, 0.2) is 24.5 Å². The zero-order chi connectivity index (χ0) is 9.97. The van der Waals surface area contributed by atoms with Crippen LogP contribution in [0, 0.1) is 3.57 Å². The van der Waals surface area contributed by atoms with E-state index in [-0.39, 0.29) is 0 Å². The van der Waals surface area contributed by atoms with E-state index in [4.69, 9.17) is 0 Å². The summed E-state index contributed by atoms with van der Waals surface area (Å²) in [6, 6.07) is 6.37. The third kappa shape index (κ3) is 1.92. The summed E-state index contributed by atoms with van der Waals surface area (Å²) >= 11 is 2.34. The van der Waals surface area contributed by atoms with Crippen molar-refractivity contribution in [3.63, 3.8) is 0 Å². The first-order valence-electron chi connectivity index (χ1n) is 4.91. The van der Waals surface area contributed by atoms with E-state index in [2.05, 4.69) is 57.3 Å². The fourth-order valence-corrected chi connectivity index (χ4v) is 2.01. The molecule has 0 aliphatic heterocycles. The molecule has 3 heteroatoms. The molecule has 1 aromatic heterocycles. The molecule has 0 atom stereocenters. The molecule has 0 unspecified atom stereocenters. The van der Waals surface area contributed by atoms with Gasteiger partial charge < -0.3 is 4.57 Å².